The number of hydrogen-bond acceptors (Lipinski definition) is 4. The number of piperidine rings is 1. The fourth-order valence-electron chi connectivity index (χ4n) is 7.11. The second kappa shape index (κ2) is 16.4. The molecule has 0 aromatic heterocycles. The van der Waals surface area contributed by atoms with Crippen molar-refractivity contribution in [3.8, 4) is 0 Å². The number of carbonyl (C=O) groups is 1. The number of alkyl halides is 3. The molecule has 3 atom stereocenters. The van der Waals surface area contributed by atoms with Gasteiger partial charge in [-0.3, -0.25) is 0 Å². The number of benzene rings is 3. The van der Waals surface area contributed by atoms with Gasteiger partial charge in [0.25, 0.3) is 0 Å². The molecule has 244 valence electrons. The van der Waals surface area contributed by atoms with E-state index in [0.29, 0.717) is 27.2 Å². The molecule has 1 aliphatic heterocycles. The van der Waals surface area contributed by atoms with Crippen molar-refractivity contribution >= 4 is 35.7 Å². The molecule has 1 aliphatic carbocycles. The Morgan fingerprint density at radius 2 is 1.53 bits per heavy atom. The van der Waals surface area contributed by atoms with Gasteiger partial charge in [0, 0.05) is 0 Å². The molecule has 1 saturated carbocycles. The number of amides is 2. The zero-order valence-electron chi connectivity index (χ0n) is 26.9. The number of sulfone groups is 1. The topological polar surface area (TPSA) is 69.7 Å². The molecule has 2 unspecified atom stereocenters. The number of urea groups is 1. The van der Waals surface area contributed by atoms with E-state index in [0.717, 1.165) is 55.4 Å². The van der Waals surface area contributed by atoms with E-state index in [9.17, 15) is 13.2 Å². The predicted molar refractivity (Wildman–Crippen MR) is 194 cm³/mol. The monoisotopic (exact) mass is 743 g/mol. The quantitative estimate of drug-likeness (QED) is 0.148. The molecule has 45 heavy (non-hydrogen) atoms. The van der Waals surface area contributed by atoms with Crippen LogP contribution in [0.4, 0.5) is 4.79 Å². The van der Waals surface area contributed by atoms with Crippen LogP contribution in [-0.2, 0) is 16.4 Å². The van der Waals surface area contributed by atoms with Crippen molar-refractivity contribution in [2.75, 3.05) is 41.3 Å². The molecule has 5 rings (SSSR count). The number of rotatable bonds is 13. The molecule has 0 radical (unpaired) electrons. The minimum atomic E-state index is -3.23. The van der Waals surface area contributed by atoms with Crippen LogP contribution in [0.3, 0.4) is 0 Å². The SMILES string of the molecule is CCCN(C(=O)NCc1ccccc1)C1CCN(C[C@H]2CC(I(C)CCS(=O)(=O)c3ccccc3)CC2c2ccccc2)CC1. The van der Waals surface area contributed by atoms with E-state index >= 15 is 0 Å². The first kappa shape index (κ1) is 33.9. The Labute approximate surface area is 278 Å². The van der Waals surface area contributed by atoms with Crippen LogP contribution in [0.5, 0.6) is 0 Å². The third kappa shape index (κ3) is 9.32. The van der Waals surface area contributed by atoms with E-state index in [4.69, 9.17) is 0 Å². The molecule has 2 amide bonds. The molecule has 8 heteroatoms. The van der Waals surface area contributed by atoms with Crippen LogP contribution in [0, 0.1) is 5.92 Å². The first-order valence-electron chi connectivity index (χ1n) is 16.5. The van der Waals surface area contributed by atoms with E-state index in [-0.39, 0.29) is 17.8 Å². The average Bonchev–Trinajstić information content (AvgIpc) is 3.50. The Hall–Kier alpha value is -2.43. The maximum atomic E-state index is 13.2. The maximum absolute atomic E-state index is 13.2. The average molecular weight is 744 g/mol. The third-order valence-corrected chi connectivity index (χ3v) is 18.4. The van der Waals surface area contributed by atoms with Gasteiger partial charge >= 0.3 is 244 Å². The molecular weight excluding hydrogens is 693 g/mol. The van der Waals surface area contributed by atoms with Gasteiger partial charge in [0.05, 0.1) is 0 Å². The summed E-state index contributed by atoms with van der Waals surface area (Å²) < 4.78 is 27.5. The van der Waals surface area contributed by atoms with Crippen LogP contribution in [0.1, 0.15) is 56.1 Å². The van der Waals surface area contributed by atoms with E-state index < -0.39 is 29.7 Å². The van der Waals surface area contributed by atoms with Gasteiger partial charge < -0.3 is 0 Å². The van der Waals surface area contributed by atoms with Crippen molar-refractivity contribution in [1.29, 1.82) is 0 Å². The zero-order valence-corrected chi connectivity index (χ0v) is 29.8. The second-order valence-corrected chi connectivity index (χ2v) is 21.3. The Morgan fingerprint density at radius 1 is 0.911 bits per heavy atom. The van der Waals surface area contributed by atoms with Crippen molar-refractivity contribution in [2.45, 2.75) is 66.4 Å². The summed E-state index contributed by atoms with van der Waals surface area (Å²) in [5, 5.41) is 3.16. The van der Waals surface area contributed by atoms with Crippen LogP contribution in [0.2, 0.25) is 0 Å². The summed E-state index contributed by atoms with van der Waals surface area (Å²) in [6.07, 6.45) is 5.36. The first-order chi connectivity index (χ1) is 21.8. The summed E-state index contributed by atoms with van der Waals surface area (Å²) in [4.78, 5) is 20.8. The van der Waals surface area contributed by atoms with Crippen molar-refractivity contribution in [3.05, 3.63) is 102 Å². The third-order valence-electron chi connectivity index (χ3n) is 9.64. The van der Waals surface area contributed by atoms with Crippen molar-refractivity contribution in [3.63, 3.8) is 0 Å². The molecule has 6 nitrogen and oxygen atoms in total. The van der Waals surface area contributed by atoms with Gasteiger partial charge in [0.2, 0.25) is 0 Å². The molecule has 1 heterocycles. The van der Waals surface area contributed by atoms with Gasteiger partial charge in [-0.25, -0.2) is 0 Å². The van der Waals surface area contributed by atoms with Gasteiger partial charge in [0.1, 0.15) is 0 Å². The van der Waals surface area contributed by atoms with Gasteiger partial charge in [-0.05, 0) is 5.56 Å². The van der Waals surface area contributed by atoms with E-state index in [1.54, 1.807) is 12.1 Å². The fraction of sp³-hybridized carbons (Fsp3) is 0.486. The molecule has 3 aromatic rings. The number of nitrogens with one attached hydrogen (secondary N) is 1. The van der Waals surface area contributed by atoms with Crippen LogP contribution < -0.4 is 5.32 Å². The van der Waals surface area contributed by atoms with E-state index in [1.165, 1.54) is 18.4 Å². The molecule has 1 N–H and O–H groups in total. The number of carbonyl (C=O) groups excluding carboxylic acids is 1. The Balaban J connectivity index is 1.17. The van der Waals surface area contributed by atoms with Crippen LogP contribution in [0.15, 0.2) is 95.9 Å². The summed E-state index contributed by atoms with van der Waals surface area (Å²) in [6, 6.07) is 30.4. The Bertz CT molecular complexity index is 1430. The number of hydrogen-bond donors (Lipinski definition) is 1. The normalized spacial score (nSPS) is 21.4. The molecule has 2 fully saturated rings. The van der Waals surface area contributed by atoms with E-state index in [1.807, 2.05) is 36.4 Å². The van der Waals surface area contributed by atoms with Crippen molar-refractivity contribution < 1.29 is 13.2 Å². The van der Waals surface area contributed by atoms with Gasteiger partial charge in [-0.2, -0.15) is 0 Å². The first-order valence-corrected chi connectivity index (χ1v) is 23.1. The number of likely N-dealkylation sites (tertiary alicyclic amines) is 1. The standard InChI is InChI=1S/C37H50IN3O3S/c1-3-22-41(37(42)39-28-30-13-7-4-8-14-30)34-19-23-40(24-20-34)29-32-26-33(27-36(32)31-15-9-5-10-16-31)38(2)21-25-45(43,44)35-17-11-6-12-18-35/h4-18,32-34,36H,3,19-29H2,1-2H3,(H,39,42)/t32-,33?,36?/m1/s1. The van der Waals surface area contributed by atoms with Crippen LogP contribution in [0.25, 0.3) is 0 Å². The minimum absolute atomic E-state index is 0.0517. The predicted octanol–water partition coefficient (Wildman–Crippen LogP) is 7.25. The van der Waals surface area contributed by atoms with Crippen LogP contribution in [-0.4, -0.2) is 75.5 Å². The summed E-state index contributed by atoms with van der Waals surface area (Å²) >= 11 is -1.46. The van der Waals surface area contributed by atoms with Gasteiger partial charge in [-0.15, -0.1) is 0 Å². The molecule has 3 aromatic carbocycles. The molecule has 1 saturated heterocycles. The van der Waals surface area contributed by atoms with Gasteiger partial charge in [0.15, 0.2) is 0 Å². The number of halogens is 1. The van der Waals surface area contributed by atoms with Gasteiger partial charge in [-0.1, -0.05) is 30.3 Å². The summed E-state index contributed by atoms with van der Waals surface area (Å²) in [5.41, 5.74) is 2.56. The summed E-state index contributed by atoms with van der Waals surface area (Å²) in [7, 11) is -3.23. The fourth-order valence-corrected chi connectivity index (χ4v) is 16.0. The molecule has 0 bridgehead atoms. The summed E-state index contributed by atoms with van der Waals surface area (Å²) in [6.45, 7) is 6.61. The summed E-state index contributed by atoms with van der Waals surface area (Å²) in [5.74, 6) is 1.39. The molecule has 2 aliphatic rings. The molecule has 0 spiro atoms. The Kier molecular flexibility index (Phi) is 12.4. The van der Waals surface area contributed by atoms with Crippen LogP contribution >= 0.6 is 19.8 Å². The second-order valence-electron chi connectivity index (χ2n) is 12.7. The Morgan fingerprint density at radius 3 is 2.18 bits per heavy atom. The van der Waals surface area contributed by atoms with Crippen molar-refractivity contribution in [2.24, 2.45) is 5.92 Å². The zero-order chi connectivity index (χ0) is 31.6. The molecular formula is C37H50IN3O3S. The number of nitrogens with zero attached hydrogens (tertiary/aromatic N) is 2. The van der Waals surface area contributed by atoms with E-state index in [2.05, 4.69) is 69.4 Å². The van der Waals surface area contributed by atoms with Crippen molar-refractivity contribution in [1.82, 2.24) is 15.1 Å².